The zero-order valence-electron chi connectivity index (χ0n) is 18.4. The number of amides is 1. The summed E-state index contributed by atoms with van der Waals surface area (Å²) in [6.45, 7) is 0.0434. The molecule has 4 heterocycles. The van der Waals surface area contributed by atoms with Gasteiger partial charge in [-0.25, -0.2) is 9.36 Å². The summed E-state index contributed by atoms with van der Waals surface area (Å²) in [5, 5.41) is 21.1. The monoisotopic (exact) mass is 491 g/mol. The largest absolute Gasteiger partial charge is 0.493 e. The Balaban J connectivity index is 1.47. The first-order valence-corrected chi connectivity index (χ1v) is 11.0. The van der Waals surface area contributed by atoms with Crippen molar-refractivity contribution in [2.24, 2.45) is 0 Å². The number of carbonyl (C=O) groups excluding carboxylic acids is 1. The Morgan fingerprint density at radius 2 is 1.92 bits per heavy atom. The van der Waals surface area contributed by atoms with Crippen LogP contribution in [0.15, 0.2) is 59.5 Å². The van der Waals surface area contributed by atoms with Gasteiger partial charge >= 0.3 is 11.9 Å². The molecule has 180 valence electrons. The molecule has 0 aliphatic carbocycles. The van der Waals surface area contributed by atoms with E-state index in [1.54, 1.807) is 12.1 Å². The fraction of sp³-hybridized carbons (Fsp3) is 0.200. The van der Waals surface area contributed by atoms with Gasteiger partial charge in [-0.3, -0.25) is 14.3 Å². The molecule has 0 radical (unpaired) electrons. The van der Waals surface area contributed by atoms with E-state index < -0.39 is 46.9 Å². The highest BCUT2D eigenvalue weighted by Crippen LogP contribution is 2.49. The van der Waals surface area contributed by atoms with Crippen LogP contribution in [0.3, 0.4) is 0 Å². The number of hydrogen-bond donors (Lipinski definition) is 1. The van der Waals surface area contributed by atoms with E-state index >= 15 is 0 Å². The number of pyridine rings is 1. The maximum Gasteiger partial charge on any atom is 0.417 e. The zero-order chi connectivity index (χ0) is 25.4. The number of nitrogens with zero attached hydrogens (tertiary/aromatic N) is 5. The fourth-order valence-electron chi connectivity index (χ4n) is 5.40. The van der Waals surface area contributed by atoms with Crippen molar-refractivity contribution in [2.45, 2.75) is 24.7 Å². The Bertz CT molecular complexity index is 1680. The van der Waals surface area contributed by atoms with E-state index in [1.165, 1.54) is 39.9 Å². The molecule has 36 heavy (non-hydrogen) atoms. The smallest absolute Gasteiger partial charge is 0.417 e. The van der Waals surface area contributed by atoms with Crippen LogP contribution in [0, 0.1) is 11.3 Å². The van der Waals surface area contributed by atoms with E-state index in [-0.39, 0.29) is 12.2 Å². The number of fused-ring (bicyclic) bond motifs is 6. The third kappa shape index (κ3) is 2.90. The van der Waals surface area contributed by atoms with E-state index in [9.17, 15) is 33.1 Å². The molecule has 1 N–H and O–H groups in total. The van der Waals surface area contributed by atoms with Crippen LogP contribution >= 0.6 is 0 Å². The van der Waals surface area contributed by atoms with E-state index in [1.807, 2.05) is 6.07 Å². The summed E-state index contributed by atoms with van der Waals surface area (Å²) in [5.74, 6) is -1.21. The van der Waals surface area contributed by atoms with E-state index in [0.717, 1.165) is 16.7 Å². The van der Waals surface area contributed by atoms with Gasteiger partial charge in [-0.15, -0.1) is 0 Å². The molecule has 0 saturated carbocycles. The molecule has 11 heteroatoms. The fourth-order valence-corrected chi connectivity index (χ4v) is 5.40. The Kier molecular flexibility index (Phi) is 4.54. The molecule has 2 aromatic heterocycles. The second-order valence-corrected chi connectivity index (χ2v) is 8.75. The van der Waals surface area contributed by atoms with Crippen molar-refractivity contribution < 1.29 is 23.1 Å². The van der Waals surface area contributed by atoms with Gasteiger partial charge in [-0.1, -0.05) is 12.1 Å². The highest BCUT2D eigenvalue weighted by Gasteiger charge is 2.50. The normalized spacial score (nSPS) is 18.4. The Morgan fingerprint density at radius 1 is 1.14 bits per heavy atom. The van der Waals surface area contributed by atoms with Crippen molar-refractivity contribution in [2.75, 3.05) is 6.54 Å². The molecule has 0 spiro atoms. The summed E-state index contributed by atoms with van der Waals surface area (Å²) in [6, 6.07) is 11.7. The summed E-state index contributed by atoms with van der Waals surface area (Å²) >= 11 is 0. The first-order valence-electron chi connectivity index (χ1n) is 11.0. The van der Waals surface area contributed by atoms with E-state index in [2.05, 4.69) is 4.98 Å². The molecule has 4 aromatic rings. The van der Waals surface area contributed by atoms with Crippen LogP contribution < -0.4 is 5.69 Å². The molecule has 2 aromatic carbocycles. The van der Waals surface area contributed by atoms with Gasteiger partial charge in [-0.05, 0) is 42.8 Å². The number of imidazole rings is 1. The number of rotatable bonds is 2. The van der Waals surface area contributed by atoms with Crippen molar-refractivity contribution in [3.63, 3.8) is 0 Å². The summed E-state index contributed by atoms with van der Waals surface area (Å²) in [4.78, 5) is 32.2. The zero-order valence-corrected chi connectivity index (χ0v) is 18.4. The lowest BCUT2D eigenvalue weighted by atomic mass is 10.0. The molecule has 2 aliphatic heterocycles. The molecule has 1 amide bonds. The molecule has 1 saturated heterocycles. The number of benzene rings is 2. The minimum atomic E-state index is -4.71. The summed E-state index contributed by atoms with van der Waals surface area (Å²) < 4.78 is 43.1. The van der Waals surface area contributed by atoms with Crippen LogP contribution in [0.4, 0.5) is 13.2 Å². The molecular weight excluding hydrogens is 475 g/mol. The first kappa shape index (κ1) is 21.9. The third-order valence-corrected chi connectivity index (χ3v) is 6.89. The molecule has 6 rings (SSSR count). The van der Waals surface area contributed by atoms with Gasteiger partial charge in [0.05, 0.1) is 40.0 Å². The standard InChI is InChI=1S/C25H16F3N5O3/c26-25(27,28)17-6-2-1-4-15(17)22(34)31-12-14-10-19(31)21-23(35)33(24(36)32(14)21)18-8-7-13(11-29)20-16(18)5-3-9-30-20/h1-9,14,19,35H,10,12H2/t14-,19?/m1/s1. The summed E-state index contributed by atoms with van der Waals surface area (Å²) in [6.07, 6.45) is -2.88. The maximum atomic E-state index is 13.5. The topological polar surface area (TPSA) is 104 Å². The minimum Gasteiger partial charge on any atom is -0.493 e. The SMILES string of the molecule is N#Cc1ccc(-n2c(O)c3n(c2=O)[C@@H]2CC3N(C(=O)c3ccccc3C(F)(F)F)C2)c2cccnc12. The number of carbonyl (C=O) groups is 1. The molecular formula is C25H16F3N5O3. The first-order chi connectivity index (χ1) is 17.2. The lowest BCUT2D eigenvalue weighted by Gasteiger charge is -2.28. The van der Waals surface area contributed by atoms with Gasteiger partial charge in [0, 0.05) is 18.1 Å². The van der Waals surface area contributed by atoms with Gasteiger partial charge in [0.1, 0.15) is 11.8 Å². The predicted octanol–water partition coefficient (Wildman–Crippen LogP) is 3.93. The maximum absolute atomic E-state index is 13.5. The predicted molar refractivity (Wildman–Crippen MR) is 121 cm³/mol. The number of nitriles is 1. The highest BCUT2D eigenvalue weighted by molar-refractivity contribution is 5.96. The minimum absolute atomic E-state index is 0.0434. The molecule has 2 atom stereocenters. The van der Waals surface area contributed by atoms with Crippen molar-refractivity contribution >= 4 is 16.8 Å². The van der Waals surface area contributed by atoms with Crippen molar-refractivity contribution in [1.82, 2.24) is 19.0 Å². The Labute approximate surface area is 201 Å². The van der Waals surface area contributed by atoms with Gasteiger partial charge < -0.3 is 10.0 Å². The Morgan fingerprint density at radius 3 is 2.67 bits per heavy atom. The molecule has 1 fully saturated rings. The Hall–Kier alpha value is -4.59. The second-order valence-electron chi connectivity index (χ2n) is 8.75. The summed E-state index contributed by atoms with van der Waals surface area (Å²) in [5.41, 5.74) is -0.903. The van der Waals surface area contributed by atoms with Crippen molar-refractivity contribution in [1.29, 1.82) is 5.26 Å². The average Bonchev–Trinajstić information content (AvgIpc) is 3.54. The van der Waals surface area contributed by atoms with Crippen LogP contribution in [0.2, 0.25) is 0 Å². The number of aromatic hydroxyl groups is 1. The van der Waals surface area contributed by atoms with Gasteiger partial charge in [0.15, 0.2) is 0 Å². The van der Waals surface area contributed by atoms with Gasteiger partial charge in [0.2, 0.25) is 5.88 Å². The quantitative estimate of drug-likeness (QED) is 0.458. The number of aromatic nitrogens is 3. The molecule has 2 aliphatic rings. The van der Waals surface area contributed by atoms with E-state index in [4.69, 9.17) is 0 Å². The molecule has 1 unspecified atom stereocenters. The van der Waals surface area contributed by atoms with Crippen LogP contribution in [0.25, 0.3) is 16.6 Å². The molecule has 2 bridgehead atoms. The number of likely N-dealkylation sites (tertiary alicyclic amines) is 1. The van der Waals surface area contributed by atoms with Gasteiger partial charge in [-0.2, -0.15) is 18.4 Å². The van der Waals surface area contributed by atoms with Crippen LogP contribution in [-0.2, 0) is 6.18 Å². The lowest BCUT2D eigenvalue weighted by molar-refractivity contribution is -0.138. The summed E-state index contributed by atoms with van der Waals surface area (Å²) in [7, 11) is 0. The van der Waals surface area contributed by atoms with Crippen LogP contribution in [0.5, 0.6) is 5.88 Å². The highest BCUT2D eigenvalue weighted by atomic mass is 19.4. The van der Waals surface area contributed by atoms with E-state index in [0.29, 0.717) is 28.6 Å². The third-order valence-electron chi connectivity index (χ3n) is 6.89. The number of alkyl halides is 3. The number of hydrogen-bond acceptors (Lipinski definition) is 5. The lowest BCUT2D eigenvalue weighted by Crippen LogP contribution is -2.38. The molecule has 8 nitrogen and oxygen atoms in total. The van der Waals surface area contributed by atoms with Gasteiger partial charge in [0.25, 0.3) is 5.91 Å². The van der Waals surface area contributed by atoms with Crippen molar-refractivity contribution in [3.8, 4) is 17.6 Å². The average molecular weight is 491 g/mol. The second kappa shape index (κ2) is 7.45. The van der Waals surface area contributed by atoms with Crippen molar-refractivity contribution in [3.05, 3.63) is 87.6 Å². The van der Waals surface area contributed by atoms with Crippen LogP contribution in [-0.4, -0.2) is 36.6 Å². The number of halogens is 3. The van der Waals surface area contributed by atoms with Crippen LogP contribution in [0.1, 0.15) is 45.7 Å².